The quantitative estimate of drug-likeness (QED) is 0.823. The Morgan fingerprint density at radius 3 is 2.44 bits per heavy atom. The van der Waals surface area contributed by atoms with Crippen LogP contribution in [-0.4, -0.2) is 36.0 Å². The molecule has 0 radical (unpaired) electrons. The molecule has 3 heteroatoms. The first-order valence-corrected chi connectivity index (χ1v) is 6.61. The second-order valence-corrected chi connectivity index (χ2v) is 5.36. The van der Waals surface area contributed by atoms with E-state index in [1.807, 2.05) is 30.9 Å². The van der Waals surface area contributed by atoms with Crippen molar-refractivity contribution in [2.24, 2.45) is 0 Å². The van der Waals surface area contributed by atoms with Crippen molar-refractivity contribution in [1.29, 1.82) is 0 Å². The molecule has 18 heavy (non-hydrogen) atoms. The minimum absolute atomic E-state index is 0.155. The van der Waals surface area contributed by atoms with Gasteiger partial charge in [-0.1, -0.05) is 17.2 Å². The number of carbonyl (C=O) groups excluding carboxylic acids is 1. The van der Waals surface area contributed by atoms with Gasteiger partial charge in [-0.3, -0.25) is 4.79 Å². The van der Waals surface area contributed by atoms with Crippen LogP contribution in [0, 0.1) is 13.8 Å². The molecule has 1 aliphatic rings. The van der Waals surface area contributed by atoms with Crippen LogP contribution in [0.1, 0.15) is 35.3 Å². The molecular weight excluding hydrogens is 224 g/mol. The summed E-state index contributed by atoms with van der Waals surface area (Å²) in [6, 6.07) is 6.66. The van der Waals surface area contributed by atoms with Gasteiger partial charge < -0.3 is 10.2 Å². The lowest BCUT2D eigenvalue weighted by Crippen LogP contribution is -2.57. The van der Waals surface area contributed by atoms with E-state index in [1.54, 1.807) is 0 Å². The standard InChI is InChI=1S/C15H22N2O/c1-10-7-11(2)9-14(8-10)15(18)17-6-5-16-12(3)13(17)4/h7-9,12-13,16H,5-6H2,1-4H3. The average Bonchev–Trinajstić information content (AvgIpc) is 2.30. The normalized spacial score (nSPS) is 24.1. The molecule has 1 saturated heterocycles. The van der Waals surface area contributed by atoms with Gasteiger partial charge in [0.05, 0.1) is 0 Å². The monoisotopic (exact) mass is 246 g/mol. The molecule has 0 spiro atoms. The fraction of sp³-hybridized carbons (Fsp3) is 0.533. The van der Waals surface area contributed by atoms with Gasteiger partial charge in [0.25, 0.3) is 5.91 Å². The zero-order valence-electron chi connectivity index (χ0n) is 11.7. The number of piperazine rings is 1. The summed E-state index contributed by atoms with van der Waals surface area (Å²) in [5.41, 5.74) is 3.11. The summed E-state index contributed by atoms with van der Waals surface area (Å²) in [5, 5.41) is 3.40. The van der Waals surface area contributed by atoms with Crippen molar-refractivity contribution in [2.45, 2.75) is 39.8 Å². The molecule has 1 aromatic rings. The first-order chi connectivity index (χ1) is 8.49. The molecule has 1 amide bonds. The van der Waals surface area contributed by atoms with Gasteiger partial charge in [-0.05, 0) is 39.8 Å². The third kappa shape index (κ3) is 2.56. The van der Waals surface area contributed by atoms with Crippen molar-refractivity contribution < 1.29 is 4.79 Å². The Morgan fingerprint density at radius 1 is 1.22 bits per heavy atom. The predicted molar refractivity (Wildman–Crippen MR) is 73.9 cm³/mol. The molecule has 0 aliphatic carbocycles. The third-order valence-electron chi connectivity index (χ3n) is 3.76. The minimum Gasteiger partial charge on any atom is -0.333 e. The highest BCUT2D eigenvalue weighted by atomic mass is 16.2. The van der Waals surface area contributed by atoms with Gasteiger partial charge >= 0.3 is 0 Å². The van der Waals surface area contributed by atoms with Crippen LogP contribution in [0.25, 0.3) is 0 Å². The number of amides is 1. The summed E-state index contributed by atoms with van der Waals surface area (Å²) in [6.45, 7) is 9.98. The van der Waals surface area contributed by atoms with Crippen LogP contribution < -0.4 is 5.32 Å². The van der Waals surface area contributed by atoms with Crippen LogP contribution in [0.15, 0.2) is 18.2 Å². The van der Waals surface area contributed by atoms with Crippen LogP contribution in [0.3, 0.4) is 0 Å². The summed E-state index contributed by atoms with van der Waals surface area (Å²) < 4.78 is 0. The van der Waals surface area contributed by atoms with Gasteiger partial charge in [0, 0.05) is 30.7 Å². The molecule has 1 aromatic carbocycles. The molecule has 1 heterocycles. The maximum Gasteiger partial charge on any atom is 0.254 e. The second kappa shape index (κ2) is 5.11. The van der Waals surface area contributed by atoms with E-state index in [1.165, 1.54) is 0 Å². The molecule has 98 valence electrons. The van der Waals surface area contributed by atoms with E-state index in [4.69, 9.17) is 0 Å². The first-order valence-electron chi connectivity index (χ1n) is 6.61. The topological polar surface area (TPSA) is 32.3 Å². The summed E-state index contributed by atoms with van der Waals surface area (Å²) in [6.07, 6.45) is 0. The lowest BCUT2D eigenvalue weighted by molar-refractivity contribution is 0.0603. The third-order valence-corrected chi connectivity index (χ3v) is 3.76. The largest absolute Gasteiger partial charge is 0.333 e. The number of carbonyl (C=O) groups is 1. The van der Waals surface area contributed by atoms with Crippen molar-refractivity contribution in [3.05, 3.63) is 34.9 Å². The lowest BCUT2D eigenvalue weighted by Gasteiger charge is -2.38. The van der Waals surface area contributed by atoms with Crippen LogP contribution in [0.4, 0.5) is 0 Å². The van der Waals surface area contributed by atoms with Crippen LogP contribution >= 0.6 is 0 Å². The number of hydrogen-bond acceptors (Lipinski definition) is 2. The highest BCUT2D eigenvalue weighted by molar-refractivity contribution is 5.95. The number of hydrogen-bond donors (Lipinski definition) is 1. The van der Waals surface area contributed by atoms with Gasteiger partial charge in [-0.15, -0.1) is 0 Å². The summed E-state index contributed by atoms with van der Waals surface area (Å²) in [4.78, 5) is 14.5. The summed E-state index contributed by atoms with van der Waals surface area (Å²) in [5.74, 6) is 0.155. The van der Waals surface area contributed by atoms with E-state index in [0.717, 1.165) is 29.8 Å². The molecule has 1 fully saturated rings. The fourth-order valence-corrected chi connectivity index (χ4v) is 2.61. The Balaban J connectivity index is 2.24. The number of rotatable bonds is 1. The Labute approximate surface area is 109 Å². The Morgan fingerprint density at radius 2 is 1.83 bits per heavy atom. The van der Waals surface area contributed by atoms with Crippen molar-refractivity contribution in [3.63, 3.8) is 0 Å². The number of nitrogens with one attached hydrogen (secondary N) is 1. The van der Waals surface area contributed by atoms with E-state index >= 15 is 0 Å². The molecule has 2 unspecified atom stereocenters. The Kier molecular flexibility index (Phi) is 3.71. The molecule has 1 N–H and O–H groups in total. The predicted octanol–water partition coefficient (Wildman–Crippen LogP) is 2.13. The molecule has 1 aliphatic heterocycles. The SMILES string of the molecule is Cc1cc(C)cc(C(=O)N2CCNC(C)C2C)c1. The number of benzene rings is 1. The summed E-state index contributed by atoms with van der Waals surface area (Å²) in [7, 11) is 0. The van der Waals surface area contributed by atoms with Gasteiger partial charge in [0.2, 0.25) is 0 Å². The smallest absolute Gasteiger partial charge is 0.254 e. The molecule has 2 rings (SSSR count). The average molecular weight is 246 g/mol. The molecular formula is C15H22N2O. The lowest BCUT2D eigenvalue weighted by atomic mass is 10.0. The van der Waals surface area contributed by atoms with Crippen molar-refractivity contribution in [3.8, 4) is 0 Å². The number of aryl methyl sites for hydroxylation is 2. The van der Waals surface area contributed by atoms with Gasteiger partial charge in [0.15, 0.2) is 0 Å². The van der Waals surface area contributed by atoms with E-state index in [2.05, 4.69) is 25.2 Å². The highest BCUT2D eigenvalue weighted by Crippen LogP contribution is 2.16. The zero-order chi connectivity index (χ0) is 13.3. The van der Waals surface area contributed by atoms with Crippen molar-refractivity contribution in [1.82, 2.24) is 10.2 Å². The molecule has 0 aromatic heterocycles. The van der Waals surface area contributed by atoms with E-state index in [9.17, 15) is 4.79 Å². The summed E-state index contributed by atoms with van der Waals surface area (Å²) >= 11 is 0. The molecule has 3 nitrogen and oxygen atoms in total. The van der Waals surface area contributed by atoms with Crippen LogP contribution in [0.2, 0.25) is 0 Å². The maximum atomic E-state index is 12.6. The Hall–Kier alpha value is -1.35. The van der Waals surface area contributed by atoms with E-state index < -0.39 is 0 Å². The van der Waals surface area contributed by atoms with Gasteiger partial charge in [-0.25, -0.2) is 0 Å². The fourth-order valence-electron chi connectivity index (χ4n) is 2.61. The van der Waals surface area contributed by atoms with E-state index in [-0.39, 0.29) is 11.9 Å². The minimum atomic E-state index is 0.155. The van der Waals surface area contributed by atoms with E-state index in [0.29, 0.717) is 6.04 Å². The van der Waals surface area contributed by atoms with Crippen LogP contribution in [0.5, 0.6) is 0 Å². The maximum absolute atomic E-state index is 12.6. The van der Waals surface area contributed by atoms with Crippen molar-refractivity contribution >= 4 is 5.91 Å². The Bertz CT molecular complexity index is 436. The van der Waals surface area contributed by atoms with Crippen LogP contribution in [-0.2, 0) is 0 Å². The van der Waals surface area contributed by atoms with Gasteiger partial charge in [-0.2, -0.15) is 0 Å². The van der Waals surface area contributed by atoms with Gasteiger partial charge in [0.1, 0.15) is 0 Å². The zero-order valence-corrected chi connectivity index (χ0v) is 11.7. The van der Waals surface area contributed by atoms with Crippen molar-refractivity contribution in [2.75, 3.05) is 13.1 Å². The highest BCUT2D eigenvalue weighted by Gasteiger charge is 2.28. The molecule has 0 saturated carbocycles. The first kappa shape index (κ1) is 13.1. The number of nitrogens with zero attached hydrogens (tertiary/aromatic N) is 1. The molecule has 2 atom stereocenters. The molecule has 0 bridgehead atoms. The second-order valence-electron chi connectivity index (χ2n) is 5.36.